The fourth-order valence-electron chi connectivity index (χ4n) is 2.83. The number of primary amides is 1. The summed E-state index contributed by atoms with van der Waals surface area (Å²) < 4.78 is 21.9. The van der Waals surface area contributed by atoms with E-state index in [1.807, 2.05) is 29.8 Å². The smallest absolute Gasteiger partial charge is 0.234 e. The minimum Gasteiger partial charge on any atom is -0.489 e. The maximum Gasteiger partial charge on any atom is 0.234 e. The summed E-state index contributed by atoms with van der Waals surface area (Å²) in [4.78, 5) is 15.8. The second-order valence-electron chi connectivity index (χ2n) is 6.67. The molecule has 0 bridgehead atoms. The topological polar surface area (TPSA) is 82.2 Å². The number of hydrogen-bond donors (Lipinski definition) is 2. The van der Waals surface area contributed by atoms with Crippen molar-refractivity contribution in [3.63, 3.8) is 0 Å². The monoisotopic (exact) mass is 416 g/mol. The van der Waals surface area contributed by atoms with Crippen molar-refractivity contribution in [2.45, 2.75) is 25.6 Å². The van der Waals surface area contributed by atoms with E-state index in [4.69, 9.17) is 22.1 Å². The number of aromatic nitrogens is 2. The number of imidazole rings is 1. The van der Waals surface area contributed by atoms with E-state index in [-0.39, 0.29) is 13.2 Å². The fourth-order valence-corrected chi connectivity index (χ4v) is 3.02. The van der Waals surface area contributed by atoms with E-state index in [0.717, 1.165) is 11.3 Å². The summed E-state index contributed by atoms with van der Waals surface area (Å²) >= 11 is 6.10. The van der Waals surface area contributed by atoms with E-state index in [1.165, 1.54) is 6.07 Å². The molecule has 0 saturated carbocycles. The SMILES string of the molecule is Cn1cncc1CC(NCc1ccc(OCc2ccccc2Cl)cc1F)C(N)=O. The number of nitrogens with one attached hydrogen (secondary N) is 1. The van der Waals surface area contributed by atoms with Crippen LogP contribution in [0.25, 0.3) is 0 Å². The van der Waals surface area contributed by atoms with Gasteiger partial charge in [0, 0.05) is 54.1 Å². The van der Waals surface area contributed by atoms with Crippen molar-refractivity contribution in [2.75, 3.05) is 0 Å². The lowest BCUT2D eigenvalue weighted by molar-refractivity contribution is -0.120. The lowest BCUT2D eigenvalue weighted by Gasteiger charge is -2.16. The lowest BCUT2D eigenvalue weighted by Crippen LogP contribution is -2.42. The van der Waals surface area contributed by atoms with Gasteiger partial charge >= 0.3 is 0 Å². The average Bonchev–Trinajstić information content (AvgIpc) is 3.10. The van der Waals surface area contributed by atoms with Crippen molar-refractivity contribution < 1.29 is 13.9 Å². The highest BCUT2D eigenvalue weighted by atomic mass is 35.5. The van der Waals surface area contributed by atoms with Gasteiger partial charge in [-0.3, -0.25) is 4.79 Å². The highest BCUT2D eigenvalue weighted by molar-refractivity contribution is 6.31. The number of aryl methyl sites for hydroxylation is 1. The molecule has 0 radical (unpaired) electrons. The molecule has 0 aliphatic carbocycles. The molecule has 1 heterocycles. The van der Waals surface area contributed by atoms with Crippen molar-refractivity contribution in [3.8, 4) is 5.75 Å². The number of hydrogen-bond acceptors (Lipinski definition) is 4. The van der Waals surface area contributed by atoms with Crippen molar-refractivity contribution in [1.82, 2.24) is 14.9 Å². The summed E-state index contributed by atoms with van der Waals surface area (Å²) in [6, 6.07) is 11.3. The zero-order valence-electron chi connectivity index (χ0n) is 15.9. The molecule has 3 N–H and O–H groups in total. The first-order valence-electron chi connectivity index (χ1n) is 9.06. The van der Waals surface area contributed by atoms with Gasteiger partial charge in [0.15, 0.2) is 0 Å². The molecule has 0 fully saturated rings. The first-order valence-corrected chi connectivity index (χ1v) is 9.44. The second-order valence-corrected chi connectivity index (χ2v) is 7.08. The predicted octanol–water partition coefficient (Wildman–Crippen LogP) is 2.98. The number of benzene rings is 2. The Hall–Kier alpha value is -2.90. The summed E-state index contributed by atoms with van der Waals surface area (Å²) in [7, 11) is 1.83. The molecule has 1 atom stereocenters. The van der Waals surface area contributed by atoms with Crippen molar-refractivity contribution >= 4 is 17.5 Å². The van der Waals surface area contributed by atoms with Gasteiger partial charge in [-0.1, -0.05) is 35.9 Å². The van der Waals surface area contributed by atoms with Crippen LogP contribution in [0.2, 0.25) is 5.02 Å². The molecule has 152 valence electrons. The second kappa shape index (κ2) is 9.54. The Labute approximate surface area is 173 Å². The molecule has 0 aliphatic heterocycles. The zero-order valence-corrected chi connectivity index (χ0v) is 16.7. The largest absolute Gasteiger partial charge is 0.489 e. The van der Waals surface area contributed by atoms with Crippen LogP contribution in [0.3, 0.4) is 0 Å². The third-order valence-corrected chi connectivity index (χ3v) is 4.96. The summed E-state index contributed by atoms with van der Waals surface area (Å²) in [5.41, 5.74) is 7.56. The van der Waals surface area contributed by atoms with Gasteiger partial charge in [0.25, 0.3) is 0 Å². The van der Waals surface area contributed by atoms with Crippen LogP contribution in [0, 0.1) is 5.82 Å². The lowest BCUT2D eigenvalue weighted by atomic mass is 10.1. The number of carbonyl (C=O) groups excluding carboxylic acids is 1. The molecule has 2 aromatic carbocycles. The van der Waals surface area contributed by atoms with Crippen LogP contribution in [0.4, 0.5) is 4.39 Å². The Morgan fingerprint density at radius 1 is 1.31 bits per heavy atom. The highest BCUT2D eigenvalue weighted by Crippen LogP contribution is 2.21. The minimum atomic E-state index is -0.638. The number of nitrogens with zero attached hydrogens (tertiary/aromatic N) is 2. The molecule has 0 aliphatic rings. The third-order valence-electron chi connectivity index (χ3n) is 4.59. The van der Waals surface area contributed by atoms with Crippen LogP contribution in [0.1, 0.15) is 16.8 Å². The predicted molar refractivity (Wildman–Crippen MR) is 109 cm³/mol. The number of halogens is 2. The van der Waals surface area contributed by atoms with Gasteiger partial charge in [0.05, 0.1) is 12.4 Å². The first kappa shape index (κ1) is 20.8. The van der Waals surface area contributed by atoms with E-state index >= 15 is 0 Å². The van der Waals surface area contributed by atoms with Gasteiger partial charge in [-0.25, -0.2) is 9.37 Å². The van der Waals surface area contributed by atoms with Crippen LogP contribution in [-0.4, -0.2) is 21.5 Å². The Balaban J connectivity index is 1.60. The summed E-state index contributed by atoms with van der Waals surface area (Å²) in [6.45, 7) is 0.396. The molecule has 1 amide bonds. The molecule has 3 aromatic rings. The first-order chi connectivity index (χ1) is 13.9. The number of amides is 1. The Kier molecular flexibility index (Phi) is 6.85. The van der Waals surface area contributed by atoms with E-state index in [2.05, 4.69) is 10.3 Å². The van der Waals surface area contributed by atoms with Gasteiger partial charge in [-0.15, -0.1) is 0 Å². The van der Waals surface area contributed by atoms with Crippen LogP contribution in [0.5, 0.6) is 5.75 Å². The summed E-state index contributed by atoms with van der Waals surface area (Å²) in [5.74, 6) is -0.545. The maximum atomic E-state index is 14.5. The van der Waals surface area contributed by atoms with Gasteiger partial charge < -0.3 is 20.4 Å². The quantitative estimate of drug-likeness (QED) is 0.561. The van der Waals surface area contributed by atoms with Crippen molar-refractivity contribution in [3.05, 3.63) is 82.6 Å². The number of rotatable bonds is 9. The molecular formula is C21H22ClFN4O2. The number of ether oxygens (including phenoxy) is 1. The summed E-state index contributed by atoms with van der Waals surface area (Å²) in [5, 5.41) is 3.61. The van der Waals surface area contributed by atoms with Gasteiger partial charge in [-0.05, 0) is 12.1 Å². The van der Waals surface area contributed by atoms with Gasteiger partial charge in [-0.2, -0.15) is 0 Å². The molecule has 8 heteroatoms. The molecule has 1 unspecified atom stereocenters. The minimum absolute atomic E-state index is 0.155. The Morgan fingerprint density at radius 3 is 2.76 bits per heavy atom. The summed E-state index contributed by atoms with van der Waals surface area (Å²) in [6.07, 6.45) is 3.68. The molecule has 29 heavy (non-hydrogen) atoms. The molecular weight excluding hydrogens is 395 g/mol. The van der Waals surface area contributed by atoms with Gasteiger partial charge in [0.1, 0.15) is 18.2 Å². The normalized spacial score (nSPS) is 12.0. The number of carbonyl (C=O) groups is 1. The van der Waals surface area contributed by atoms with E-state index < -0.39 is 17.8 Å². The van der Waals surface area contributed by atoms with Crippen LogP contribution >= 0.6 is 11.6 Å². The van der Waals surface area contributed by atoms with Crippen LogP contribution in [0.15, 0.2) is 55.0 Å². The molecule has 0 spiro atoms. The molecule has 1 aromatic heterocycles. The molecule has 6 nitrogen and oxygen atoms in total. The van der Waals surface area contributed by atoms with E-state index in [1.54, 1.807) is 30.7 Å². The zero-order chi connectivity index (χ0) is 20.8. The van der Waals surface area contributed by atoms with Crippen LogP contribution in [-0.2, 0) is 31.4 Å². The molecule has 3 rings (SSSR count). The van der Waals surface area contributed by atoms with E-state index in [9.17, 15) is 9.18 Å². The Bertz CT molecular complexity index is 992. The van der Waals surface area contributed by atoms with Crippen LogP contribution < -0.4 is 15.8 Å². The van der Waals surface area contributed by atoms with Crippen molar-refractivity contribution in [2.24, 2.45) is 12.8 Å². The Morgan fingerprint density at radius 2 is 2.10 bits per heavy atom. The average molecular weight is 417 g/mol. The number of nitrogens with two attached hydrogens (primary N) is 1. The maximum absolute atomic E-state index is 14.5. The van der Waals surface area contributed by atoms with Gasteiger partial charge in [0.2, 0.25) is 5.91 Å². The van der Waals surface area contributed by atoms with E-state index in [0.29, 0.717) is 22.8 Å². The molecule has 0 saturated heterocycles. The standard InChI is InChI=1S/C21H22ClFN4O2/c1-27-13-25-11-16(27)8-20(21(24)28)26-10-14-6-7-17(9-19(14)23)29-12-15-4-2-3-5-18(15)22/h2-7,9,11,13,20,26H,8,10,12H2,1H3,(H2,24,28). The fraction of sp³-hybridized carbons (Fsp3) is 0.238. The third kappa shape index (κ3) is 5.56. The highest BCUT2D eigenvalue weighted by Gasteiger charge is 2.18. The van der Waals surface area contributed by atoms with Crippen molar-refractivity contribution in [1.29, 1.82) is 0 Å².